The van der Waals surface area contributed by atoms with E-state index in [9.17, 15) is 4.79 Å². The van der Waals surface area contributed by atoms with E-state index < -0.39 is 0 Å². The third kappa shape index (κ3) is 0.917. The number of hydrogen-bond acceptors (Lipinski definition) is 2. The maximum absolute atomic E-state index is 10.9. The zero-order valence-corrected chi connectivity index (χ0v) is 7.02. The summed E-state index contributed by atoms with van der Waals surface area (Å²) in [4.78, 5) is 10.9. The Hall–Kier alpha value is -0.530. The van der Waals surface area contributed by atoms with Crippen molar-refractivity contribution in [1.82, 2.24) is 0 Å². The Bertz CT molecular complexity index is 150. The molecule has 0 spiro atoms. The minimum Gasteiger partial charge on any atom is -0.459 e. The van der Waals surface area contributed by atoms with E-state index in [-0.39, 0.29) is 17.0 Å². The first-order chi connectivity index (χ1) is 4.35. The highest BCUT2D eigenvalue weighted by molar-refractivity contribution is 5.73. The van der Waals surface area contributed by atoms with Gasteiger partial charge in [-0.25, -0.2) is 0 Å². The van der Waals surface area contributed by atoms with Gasteiger partial charge in [-0.3, -0.25) is 4.79 Å². The number of carbonyl (C=O) groups excluding carboxylic acids is 1. The number of esters is 1. The van der Waals surface area contributed by atoms with Crippen molar-refractivity contribution < 1.29 is 9.53 Å². The fraction of sp³-hybridized carbons (Fsp3) is 0.875. The van der Waals surface area contributed by atoms with Crippen molar-refractivity contribution in [3.8, 4) is 0 Å². The summed E-state index contributed by atoms with van der Waals surface area (Å²) in [6.07, 6.45) is 0.542. The van der Waals surface area contributed by atoms with Gasteiger partial charge in [-0.15, -0.1) is 0 Å². The van der Waals surface area contributed by atoms with Gasteiger partial charge in [0.1, 0.15) is 5.60 Å². The quantitative estimate of drug-likeness (QED) is 0.481. The first-order valence-electron chi connectivity index (χ1n) is 3.57. The topological polar surface area (TPSA) is 26.3 Å². The summed E-state index contributed by atoms with van der Waals surface area (Å²) in [5, 5.41) is 0. The Balaban J connectivity index is 2.88. The smallest absolute Gasteiger partial charge is 0.307 e. The summed E-state index contributed by atoms with van der Waals surface area (Å²) >= 11 is 0. The standard InChI is InChI=1S/C8H14O2/c1-7(2)5-6(9)10-8(7,3)4/h5H2,1-4H3. The second kappa shape index (κ2) is 1.74. The van der Waals surface area contributed by atoms with Gasteiger partial charge in [0.2, 0.25) is 0 Å². The highest BCUT2D eigenvalue weighted by atomic mass is 16.6. The Morgan fingerprint density at radius 1 is 1.30 bits per heavy atom. The molecule has 1 fully saturated rings. The molecule has 0 atom stereocenters. The highest BCUT2D eigenvalue weighted by Gasteiger charge is 2.48. The molecule has 0 bridgehead atoms. The molecule has 2 nitrogen and oxygen atoms in total. The average molecular weight is 142 g/mol. The van der Waals surface area contributed by atoms with Crippen molar-refractivity contribution in [2.24, 2.45) is 5.41 Å². The molecule has 0 N–H and O–H groups in total. The van der Waals surface area contributed by atoms with Gasteiger partial charge in [0, 0.05) is 5.41 Å². The number of hydrogen-bond donors (Lipinski definition) is 0. The van der Waals surface area contributed by atoms with E-state index in [0.29, 0.717) is 6.42 Å². The van der Waals surface area contributed by atoms with Crippen molar-refractivity contribution in [1.29, 1.82) is 0 Å². The summed E-state index contributed by atoms with van der Waals surface area (Å²) in [6, 6.07) is 0. The third-order valence-corrected chi connectivity index (χ3v) is 2.59. The molecule has 58 valence electrons. The van der Waals surface area contributed by atoms with Crippen molar-refractivity contribution in [2.45, 2.75) is 39.7 Å². The van der Waals surface area contributed by atoms with Gasteiger partial charge in [-0.2, -0.15) is 0 Å². The first-order valence-corrected chi connectivity index (χ1v) is 3.57. The number of rotatable bonds is 0. The first kappa shape index (κ1) is 7.58. The van der Waals surface area contributed by atoms with Gasteiger partial charge >= 0.3 is 5.97 Å². The second-order valence-electron chi connectivity index (χ2n) is 4.05. The molecule has 10 heavy (non-hydrogen) atoms. The van der Waals surface area contributed by atoms with E-state index in [1.807, 2.05) is 13.8 Å². The summed E-state index contributed by atoms with van der Waals surface area (Å²) in [7, 11) is 0. The van der Waals surface area contributed by atoms with Crippen LogP contribution < -0.4 is 0 Å². The maximum atomic E-state index is 10.9. The Labute approximate surface area is 61.6 Å². The van der Waals surface area contributed by atoms with Gasteiger partial charge in [-0.05, 0) is 13.8 Å². The number of carbonyl (C=O) groups is 1. The molecule has 2 heteroatoms. The van der Waals surface area contributed by atoms with E-state index in [2.05, 4.69) is 13.8 Å². The summed E-state index contributed by atoms with van der Waals surface area (Å²) < 4.78 is 5.12. The van der Waals surface area contributed by atoms with Gasteiger partial charge in [0.05, 0.1) is 6.42 Å². The zero-order valence-electron chi connectivity index (χ0n) is 7.02. The van der Waals surface area contributed by atoms with E-state index in [1.54, 1.807) is 0 Å². The van der Waals surface area contributed by atoms with Crippen LogP contribution in [-0.2, 0) is 9.53 Å². The average Bonchev–Trinajstić information content (AvgIpc) is 1.73. The van der Waals surface area contributed by atoms with Gasteiger partial charge in [0.15, 0.2) is 0 Å². The summed E-state index contributed by atoms with van der Waals surface area (Å²) in [5.41, 5.74) is -0.297. The predicted molar refractivity (Wildman–Crippen MR) is 38.6 cm³/mol. The lowest BCUT2D eigenvalue weighted by atomic mass is 9.77. The van der Waals surface area contributed by atoms with Crippen LogP contribution in [0, 0.1) is 5.41 Å². The molecular weight excluding hydrogens is 128 g/mol. The molecule has 1 heterocycles. The molecule has 0 saturated carbocycles. The molecule has 0 amide bonds. The minimum atomic E-state index is -0.288. The SMILES string of the molecule is CC1(C)CC(=O)OC1(C)C. The molecule has 1 saturated heterocycles. The molecule has 0 aromatic rings. The van der Waals surface area contributed by atoms with E-state index in [1.165, 1.54) is 0 Å². The molecule has 0 radical (unpaired) electrons. The van der Waals surface area contributed by atoms with Crippen LogP contribution in [0.3, 0.4) is 0 Å². The molecule has 1 aliphatic rings. The van der Waals surface area contributed by atoms with Crippen LogP contribution >= 0.6 is 0 Å². The van der Waals surface area contributed by atoms with Crippen molar-refractivity contribution in [3.63, 3.8) is 0 Å². The number of ether oxygens (including phenoxy) is 1. The molecular formula is C8H14O2. The fourth-order valence-corrected chi connectivity index (χ4v) is 1.03. The third-order valence-electron chi connectivity index (χ3n) is 2.59. The van der Waals surface area contributed by atoms with E-state index >= 15 is 0 Å². The monoisotopic (exact) mass is 142 g/mol. The van der Waals surface area contributed by atoms with Crippen LogP contribution in [-0.4, -0.2) is 11.6 Å². The van der Waals surface area contributed by atoms with Crippen LogP contribution in [0.15, 0.2) is 0 Å². The molecule has 1 aliphatic heterocycles. The van der Waals surface area contributed by atoms with Gasteiger partial charge < -0.3 is 4.74 Å². The lowest BCUT2D eigenvalue weighted by molar-refractivity contribution is -0.147. The van der Waals surface area contributed by atoms with Crippen LogP contribution in [0.4, 0.5) is 0 Å². The number of cyclic esters (lactones) is 1. The van der Waals surface area contributed by atoms with Crippen molar-refractivity contribution >= 4 is 5.97 Å². The maximum Gasteiger partial charge on any atom is 0.307 e. The zero-order chi connectivity index (χ0) is 7.99. The predicted octanol–water partition coefficient (Wildman–Crippen LogP) is 1.74. The Morgan fingerprint density at radius 2 is 1.80 bits per heavy atom. The lowest BCUT2D eigenvalue weighted by Gasteiger charge is -2.31. The summed E-state index contributed by atoms with van der Waals surface area (Å²) in [5.74, 6) is -0.0741. The van der Waals surface area contributed by atoms with Gasteiger partial charge in [0.25, 0.3) is 0 Å². The van der Waals surface area contributed by atoms with Crippen molar-refractivity contribution in [3.05, 3.63) is 0 Å². The van der Waals surface area contributed by atoms with E-state index in [0.717, 1.165) is 0 Å². The Kier molecular flexibility index (Phi) is 1.32. The Morgan fingerprint density at radius 3 is 1.90 bits per heavy atom. The van der Waals surface area contributed by atoms with Crippen LogP contribution in [0.25, 0.3) is 0 Å². The summed E-state index contributed by atoms with van der Waals surface area (Å²) in [6.45, 7) is 8.02. The molecule has 0 aliphatic carbocycles. The van der Waals surface area contributed by atoms with E-state index in [4.69, 9.17) is 4.74 Å². The molecule has 0 unspecified atom stereocenters. The molecule has 0 aromatic carbocycles. The van der Waals surface area contributed by atoms with Crippen LogP contribution in [0.5, 0.6) is 0 Å². The normalized spacial score (nSPS) is 28.2. The van der Waals surface area contributed by atoms with Crippen LogP contribution in [0.1, 0.15) is 34.1 Å². The largest absolute Gasteiger partial charge is 0.459 e. The van der Waals surface area contributed by atoms with Crippen molar-refractivity contribution in [2.75, 3.05) is 0 Å². The fourth-order valence-electron chi connectivity index (χ4n) is 1.03. The molecule has 1 rings (SSSR count). The second-order valence-corrected chi connectivity index (χ2v) is 4.05. The highest BCUT2D eigenvalue weighted by Crippen LogP contribution is 2.42. The lowest BCUT2D eigenvalue weighted by Crippen LogP contribution is -2.34. The minimum absolute atomic E-state index is 0.00984. The molecule has 0 aromatic heterocycles. The van der Waals surface area contributed by atoms with Gasteiger partial charge in [-0.1, -0.05) is 13.8 Å². The van der Waals surface area contributed by atoms with Crippen LogP contribution in [0.2, 0.25) is 0 Å².